The first-order valence-corrected chi connectivity index (χ1v) is 13.1. The molecule has 6 nitrogen and oxygen atoms in total. The minimum absolute atomic E-state index is 0. The molecule has 3 rings (SSSR count). The number of pyridine rings is 1. The summed E-state index contributed by atoms with van der Waals surface area (Å²) in [6, 6.07) is 13.3. The largest absolute Gasteiger partial charge is 0.463 e. The topological polar surface area (TPSA) is 91.4 Å². The number of carbonyl (C=O) groups excluding carboxylic acids is 2. The number of ketones is 1. The minimum Gasteiger partial charge on any atom is -0.463 e. The highest BCUT2D eigenvalue weighted by molar-refractivity contribution is 7.98. The van der Waals surface area contributed by atoms with Gasteiger partial charge in [0.05, 0.1) is 12.1 Å². The van der Waals surface area contributed by atoms with Crippen LogP contribution in [-0.4, -0.2) is 41.0 Å². The normalized spacial score (nSPS) is 11.5. The Kier molecular flexibility index (Phi) is 11.5. The molecule has 36 heavy (non-hydrogen) atoms. The lowest BCUT2D eigenvalue weighted by atomic mass is 9.91. The number of Topliss-reactive ketones (excluding diaryl/α,β-unsaturated/α-hetero) is 1. The highest BCUT2D eigenvalue weighted by atomic mass is 35.5. The van der Waals surface area contributed by atoms with Crippen LogP contribution in [0.4, 0.5) is 0 Å². The van der Waals surface area contributed by atoms with Gasteiger partial charge in [-0.3, -0.25) is 14.4 Å². The zero-order valence-corrected chi connectivity index (χ0v) is 23.0. The van der Waals surface area contributed by atoms with Crippen LogP contribution >= 0.6 is 47.4 Å². The predicted molar refractivity (Wildman–Crippen MR) is 151 cm³/mol. The quantitative estimate of drug-likeness (QED) is 0.247. The van der Waals surface area contributed by atoms with Gasteiger partial charge in [-0.25, -0.2) is 0 Å². The summed E-state index contributed by atoms with van der Waals surface area (Å²) in [6.45, 7) is 1.38. The van der Waals surface area contributed by atoms with Gasteiger partial charge in [0.2, 0.25) is 0 Å². The molecule has 3 aromatic rings. The van der Waals surface area contributed by atoms with Crippen LogP contribution in [0.5, 0.6) is 0 Å². The predicted octanol–water partition coefficient (Wildman–Crippen LogP) is 5.74. The highest BCUT2D eigenvalue weighted by Gasteiger charge is 2.22. The summed E-state index contributed by atoms with van der Waals surface area (Å²) < 4.78 is 6.69. The van der Waals surface area contributed by atoms with Crippen LogP contribution in [0.3, 0.4) is 0 Å². The number of benzene rings is 2. The Bertz CT molecular complexity index is 1260. The van der Waals surface area contributed by atoms with Crippen molar-refractivity contribution in [2.24, 2.45) is 5.73 Å². The fourth-order valence-corrected chi connectivity index (χ4v) is 4.38. The molecule has 0 saturated carbocycles. The van der Waals surface area contributed by atoms with Crippen molar-refractivity contribution in [2.75, 3.05) is 18.6 Å². The van der Waals surface area contributed by atoms with E-state index < -0.39 is 17.6 Å². The van der Waals surface area contributed by atoms with Gasteiger partial charge in [-0.1, -0.05) is 47.5 Å². The Labute approximate surface area is 230 Å². The highest BCUT2D eigenvalue weighted by Crippen LogP contribution is 2.35. The Balaban J connectivity index is 0.00000456. The molecule has 1 unspecified atom stereocenters. The summed E-state index contributed by atoms with van der Waals surface area (Å²) in [7, 11) is 0. The number of aromatic nitrogens is 1. The van der Waals surface area contributed by atoms with E-state index in [2.05, 4.69) is 0 Å². The average Bonchev–Trinajstić information content (AvgIpc) is 2.84. The molecular formula is C26H27Cl3N2O4S. The summed E-state index contributed by atoms with van der Waals surface area (Å²) >= 11 is 13.7. The number of hydrogen-bond acceptors (Lipinski definition) is 6. The summed E-state index contributed by atoms with van der Waals surface area (Å²) in [5.74, 6) is -0.149. The third kappa shape index (κ3) is 7.37. The molecule has 0 saturated heterocycles. The number of hydrogen-bond donors (Lipinski definition) is 1. The molecule has 1 atom stereocenters. The lowest BCUT2D eigenvalue weighted by molar-refractivity contribution is -0.145. The van der Waals surface area contributed by atoms with E-state index in [1.807, 2.05) is 18.4 Å². The zero-order chi connectivity index (χ0) is 25.5. The molecule has 0 bridgehead atoms. The number of nitrogens with zero attached hydrogens (tertiary/aromatic N) is 1. The summed E-state index contributed by atoms with van der Waals surface area (Å²) in [4.78, 5) is 38.3. The third-order valence-corrected chi connectivity index (χ3v) is 6.58. The fourth-order valence-electron chi connectivity index (χ4n) is 3.64. The van der Waals surface area contributed by atoms with Gasteiger partial charge in [0.25, 0.3) is 5.56 Å². The molecule has 10 heteroatoms. The van der Waals surface area contributed by atoms with E-state index in [9.17, 15) is 14.4 Å². The average molecular weight is 570 g/mol. The van der Waals surface area contributed by atoms with E-state index >= 15 is 0 Å². The van der Waals surface area contributed by atoms with Crippen molar-refractivity contribution in [3.63, 3.8) is 0 Å². The number of halogens is 3. The molecule has 2 aromatic carbocycles. The molecule has 0 radical (unpaired) electrons. The van der Waals surface area contributed by atoms with Crippen LogP contribution < -0.4 is 11.3 Å². The molecule has 0 spiro atoms. The van der Waals surface area contributed by atoms with Crippen molar-refractivity contribution in [3.8, 4) is 22.3 Å². The van der Waals surface area contributed by atoms with E-state index in [4.69, 9.17) is 33.7 Å². The minimum atomic E-state index is -0.719. The molecule has 0 aliphatic carbocycles. The standard InChI is InChI=1S/C26H26Cl2N2O4S.ClH/c1-16(31)23-24(18-5-9-20(28)10-6-18)21(17-3-7-19(27)8-4-17)15-30(25(23)32)12-13-34-26(33)22(29)11-14-35-2;/h3-10,15,22H,11-14,29H2,1-2H3;1H. The van der Waals surface area contributed by atoms with E-state index in [1.54, 1.807) is 54.4 Å². The van der Waals surface area contributed by atoms with Crippen molar-refractivity contribution >= 4 is 59.1 Å². The van der Waals surface area contributed by atoms with Gasteiger partial charge in [0.15, 0.2) is 5.78 Å². The number of carbonyl (C=O) groups is 2. The van der Waals surface area contributed by atoms with Crippen LogP contribution in [0, 0.1) is 0 Å². The summed E-state index contributed by atoms with van der Waals surface area (Å²) in [5.41, 5.74) is 8.06. The number of ether oxygens (including phenoxy) is 1. The van der Waals surface area contributed by atoms with Crippen LogP contribution in [0.2, 0.25) is 10.0 Å². The second-order valence-corrected chi connectivity index (χ2v) is 9.78. The maximum absolute atomic E-state index is 13.4. The SMILES string of the molecule is CSCCC(N)C(=O)OCCn1cc(-c2ccc(Cl)cc2)c(-c2ccc(Cl)cc2)c(C(C)=O)c1=O.Cl. The molecular weight excluding hydrogens is 543 g/mol. The van der Waals surface area contributed by atoms with Gasteiger partial charge in [-0.15, -0.1) is 12.4 Å². The van der Waals surface area contributed by atoms with Crippen LogP contribution in [0.15, 0.2) is 59.5 Å². The van der Waals surface area contributed by atoms with E-state index in [0.29, 0.717) is 33.2 Å². The van der Waals surface area contributed by atoms with Gasteiger partial charge < -0.3 is 15.0 Å². The zero-order valence-electron chi connectivity index (χ0n) is 19.8. The van der Waals surface area contributed by atoms with Crippen molar-refractivity contribution in [3.05, 3.63) is 80.7 Å². The maximum Gasteiger partial charge on any atom is 0.323 e. The van der Waals surface area contributed by atoms with Gasteiger partial charge in [-0.05, 0) is 60.7 Å². The van der Waals surface area contributed by atoms with Gasteiger partial charge in [-0.2, -0.15) is 11.8 Å². The lowest BCUT2D eigenvalue weighted by Crippen LogP contribution is -2.34. The van der Waals surface area contributed by atoms with Crippen molar-refractivity contribution < 1.29 is 14.3 Å². The van der Waals surface area contributed by atoms with Crippen LogP contribution in [0.1, 0.15) is 23.7 Å². The summed E-state index contributed by atoms with van der Waals surface area (Å²) in [6.07, 6.45) is 4.11. The van der Waals surface area contributed by atoms with Crippen molar-refractivity contribution in [2.45, 2.75) is 25.9 Å². The first kappa shape index (κ1) is 29.9. The second kappa shape index (κ2) is 13.9. The van der Waals surface area contributed by atoms with Gasteiger partial charge >= 0.3 is 5.97 Å². The first-order chi connectivity index (χ1) is 16.7. The number of esters is 1. The monoisotopic (exact) mass is 568 g/mol. The Morgan fingerprint density at radius 1 is 1.03 bits per heavy atom. The van der Waals surface area contributed by atoms with Gasteiger partial charge in [0, 0.05) is 27.4 Å². The Morgan fingerprint density at radius 3 is 2.11 bits per heavy atom. The Morgan fingerprint density at radius 2 is 1.58 bits per heavy atom. The molecule has 1 aromatic heterocycles. The Hall–Kier alpha value is -2.29. The van der Waals surface area contributed by atoms with E-state index in [-0.39, 0.29) is 36.9 Å². The molecule has 0 aliphatic heterocycles. The molecule has 192 valence electrons. The van der Waals surface area contributed by atoms with Crippen LogP contribution in [-0.2, 0) is 16.1 Å². The third-order valence-electron chi connectivity index (χ3n) is 5.43. The molecule has 0 fully saturated rings. The molecule has 2 N–H and O–H groups in total. The second-order valence-electron chi connectivity index (χ2n) is 7.92. The fraction of sp³-hybridized carbons (Fsp3) is 0.269. The number of thioether (sulfide) groups is 1. The van der Waals surface area contributed by atoms with E-state index in [0.717, 1.165) is 11.3 Å². The first-order valence-electron chi connectivity index (χ1n) is 10.9. The molecule has 1 heterocycles. The molecule has 0 amide bonds. The van der Waals surface area contributed by atoms with Crippen molar-refractivity contribution in [1.82, 2.24) is 4.57 Å². The number of rotatable bonds is 10. The van der Waals surface area contributed by atoms with E-state index in [1.165, 1.54) is 11.5 Å². The maximum atomic E-state index is 13.4. The van der Waals surface area contributed by atoms with Gasteiger partial charge in [0.1, 0.15) is 12.6 Å². The smallest absolute Gasteiger partial charge is 0.323 e. The molecule has 0 aliphatic rings. The lowest BCUT2D eigenvalue weighted by Gasteiger charge is -2.18. The van der Waals surface area contributed by atoms with Crippen LogP contribution in [0.25, 0.3) is 22.3 Å². The number of nitrogens with two attached hydrogens (primary N) is 1. The van der Waals surface area contributed by atoms with Crippen molar-refractivity contribution in [1.29, 1.82) is 0 Å². The summed E-state index contributed by atoms with van der Waals surface area (Å²) in [5, 5.41) is 1.10.